The average molecular weight is 374 g/mol. The summed E-state index contributed by atoms with van der Waals surface area (Å²) in [5, 5.41) is 20.0. The molecule has 1 aliphatic heterocycles. The van der Waals surface area contributed by atoms with E-state index in [0.717, 1.165) is 20.9 Å². The molecule has 4 rings (SSSR count). The summed E-state index contributed by atoms with van der Waals surface area (Å²) < 4.78 is 8.33. The van der Waals surface area contributed by atoms with Gasteiger partial charge < -0.3 is 19.5 Å². The van der Waals surface area contributed by atoms with E-state index in [1.165, 1.54) is 17.7 Å². The number of ether oxygens (including phenoxy) is 1. The molecule has 0 fully saturated rings. The monoisotopic (exact) mass is 373 g/mol. The molecule has 0 radical (unpaired) electrons. The number of hydrogen-bond acceptors (Lipinski definition) is 3. The third-order valence-corrected chi connectivity index (χ3v) is 4.71. The maximum atomic E-state index is 11.0. The van der Waals surface area contributed by atoms with Crippen LogP contribution in [0.1, 0.15) is 21.5 Å². The average Bonchev–Trinajstić information content (AvgIpc) is 3.09. The molecule has 1 aromatic heterocycles. The van der Waals surface area contributed by atoms with Gasteiger partial charge in [0.25, 0.3) is 0 Å². The van der Waals surface area contributed by atoms with Crippen LogP contribution in [0.15, 0.2) is 41.0 Å². The van der Waals surface area contributed by atoms with Crippen LogP contribution in [0.4, 0.5) is 0 Å². The van der Waals surface area contributed by atoms with E-state index in [9.17, 15) is 9.90 Å². The summed E-state index contributed by atoms with van der Waals surface area (Å²) in [7, 11) is 0. The summed E-state index contributed by atoms with van der Waals surface area (Å²) >= 11 is 3.56. The van der Waals surface area contributed by atoms with E-state index in [4.69, 9.17) is 9.84 Å². The van der Waals surface area contributed by atoms with Crippen LogP contribution in [0.25, 0.3) is 16.6 Å². The minimum absolute atomic E-state index is 0.112. The van der Waals surface area contributed by atoms with Gasteiger partial charge in [0.15, 0.2) is 0 Å². The van der Waals surface area contributed by atoms with Crippen LogP contribution in [0.5, 0.6) is 5.75 Å². The predicted molar refractivity (Wildman–Crippen MR) is 88.1 cm³/mol. The molecule has 0 saturated heterocycles. The van der Waals surface area contributed by atoms with Crippen molar-refractivity contribution < 1.29 is 19.7 Å². The van der Waals surface area contributed by atoms with Gasteiger partial charge in [-0.2, -0.15) is 0 Å². The Morgan fingerprint density at radius 3 is 2.61 bits per heavy atom. The standard InChI is InChI=1S/C17H12BrNO4/c18-14-6-19(11-1-2-12(17(21)22)16(20)5-11)15-4-10-8-23-7-9(10)3-13(14)15/h1-6,20H,7-8H2,(H,21,22). The number of carboxylic acid groups (broad SMARTS) is 1. The number of carbonyl (C=O) groups is 1. The van der Waals surface area contributed by atoms with Gasteiger partial charge in [0.1, 0.15) is 11.3 Å². The highest BCUT2D eigenvalue weighted by molar-refractivity contribution is 9.10. The van der Waals surface area contributed by atoms with Gasteiger partial charge >= 0.3 is 5.97 Å². The van der Waals surface area contributed by atoms with E-state index in [-0.39, 0.29) is 11.3 Å². The number of hydrogen-bond donors (Lipinski definition) is 2. The van der Waals surface area contributed by atoms with Crippen molar-refractivity contribution in [2.75, 3.05) is 0 Å². The lowest BCUT2D eigenvalue weighted by molar-refractivity contribution is 0.0694. The number of fused-ring (bicyclic) bond motifs is 2. The van der Waals surface area contributed by atoms with E-state index in [1.807, 2.05) is 10.8 Å². The Kier molecular flexibility index (Phi) is 3.18. The molecule has 3 aromatic rings. The topological polar surface area (TPSA) is 71.7 Å². The van der Waals surface area contributed by atoms with Crippen molar-refractivity contribution in [2.24, 2.45) is 0 Å². The zero-order valence-electron chi connectivity index (χ0n) is 11.9. The Hall–Kier alpha value is -2.31. The second-order valence-corrected chi connectivity index (χ2v) is 6.34. The fourth-order valence-corrected chi connectivity index (χ4v) is 3.45. The number of rotatable bonds is 2. The number of phenols is 1. The Balaban J connectivity index is 1.92. The van der Waals surface area contributed by atoms with Gasteiger partial charge in [0, 0.05) is 27.8 Å². The molecule has 0 bridgehead atoms. The second-order valence-electron chi connectivity index (χ2n) is 5.48. The van der Waals surface area contributed by atoms with Crippen molar-refractivity contribution in [1.82, 2.24) is 4.57 Å². The van der Waals surface area contributed by atoms with E-state index < -0.39 is 5.97 Å². The minimum atomic E-state index is -1.15. The van der Waals surface area contributed by atoms with Crippen LogP contribution >= 0.6 is 15.9 Å². The second kappa shape index (κ2) is 5.11. The largest absolute Gasteiger partial charge is 0.507 e. The highest BCUT2D eigenvalue weighted by atomic mass is 79.9. The van der Waals surface area contributed by atoms with Crippen molar-refractivity contribution in [3.63, 3.8) is 0 Å². The van der Waals surface area contributed by atoms with Gasteiger partial charge in [-0.3, -0.25) is 0 Å². The van der Waals surface area contributed by atoms with Crippen molar-refractivity contribution in [3.05, 3.63) is 57.7 Å². The first-order valence-electron chi connectivity index (χ1n) is 7.01. The van der Waals surface area contributed by atoms with Gasteiger partial charge in [0.05, 0.1) is 18.7 Å². The van der Waals surface area contributed by atoms with Gasteiger partial charge in [-0.25, -0.2) is 4.79 Å². The number of halogens is 1. The molecule has 2 aromatic carbocycles. The van der Waals surface area contributed by atoms with Crippen LogP contribution in [0.2, 0.25) is 0 Å². The number of benzene rings is 2. The Bertz CT molecular complexity index is 961. The lowest BCUT2D eigenvalue weighted by Crippen LogP contribution is -1.99. The van der Waals surface area contributed by atoms with E-state index in [2.05, 4.69) is 28.1 Å². The van der Waals surface area contributed by atoms with E-state index in [1.54, 1.807) is 6.07 Å². The summed E-state index contributed by atoms with van der Waals surface area (Å²) in [4.78, 5) is 11.0. The fraction of sp³-hybridized carbons (Fsp3) is 0.118. The third kappa shape index (κ3) is 2.22. The Morgan fingerprint density at radius 2 is 1.91 bits per heavy atom. The molecule has 0 amide bonds. The van der Waals surface area contributed by atoms with Crippen molar-refractivity contribution in [2.45, 2.75) is 13.2 Å². The lowest BCUT2D eigenvalue weighted by atomic mass is 10.1. The third-order valence-electron chi connectivity index (χ3n) is 4.08. The van der Waals surface area contributed by atoms with Crippen LogP contribution in [0.3, 0.4) is 0 Å². The fourth-order valence-electron chi connectivity index (χ4n) is 2.92. The van der Waals surface area contributed by atoms with Crippen LogP contribution in [-0.2, 0) is 18.0 Å². The summed E-state index contributed by atoms with van der Waals surface area (Å²) in [6.45, 7) is 1.22. The molecular formula is C17H12BrNO4. The molecule has 6 heteroatoms. The summed E-state index contributed by atoms with van der Waals surface area (Å²) in [6.07, 6.45) is 1.91. The van der Waals surface area contributed by atoms with E-state index in [0.29, 0.717) is 18.9 Å². The summed E-state index contributed by atoms with van der Waals surface area (Å²) in [5.41, 5.74) is 3.89. The number of carboxylic acids is 1. The normalized spacial score (nSPS) is 13.4. The molecule has 0 saturated carbocycles. The smallest absolute Gasteiger partial charge is 0.339 e. The highest BCUT2D eigenvalue weighted by Gasteiger charge is 2.17. The van der Waals surface area contributed by atoms with Crippen LogP contribution in [-0.4, -0.2) is 20.7 Å². The first-order chi connectivity index (χ1) is 11.0. The first kappa shape index (κ1) is 14.3. The highest BCUT2D eigenvalue weighted by Crippen LogP contribution is 2.34. The molecule has 2 heterocycles. The molecule has 116 valence electrons. The predicted octanol–water partition coefficient (Wildman–Crippen LogP) is 3.83. The number of aromatic carboxylic acids is 1. The molecule has 2 N–H and O–H groups in total. The van der Waals surface area contributed by atoms with Gasteiger partial charge in [0.2, 0.25) is 0 Å². The zero-order chi connectivity index (χ0) is 16.1. The molecule has 0 atom stereocenters. The van der Waals surface area contributed by atoms with E-state index >= 15 is 0 Å². The lowest BCUT2D eigenvalue weighted by Gasteiger charge is -2.08. The number of aromatic nitrogens is 1. The van der Waals surface area contributed by atoms with Crippen molar-refractivity contribution in [1.29, 1.82) is 0 Å². The maximum Gasteiger partial charge on any atom is 0.339 e. The van der Waals surface area contributed by atoms with Crippen molar-refractivity contribution in [3.8, 4) is 11.4 Å². The zero-order valence-corrected chi connectivity index (χ0v) is 13.5. The summed E-state index contributed by atoms with van der Waals surface area (Å²) in [6, 6.07) is 8.72. The molecule has 0 aliphatic carbocycles. The Labute approximate surface area is 139 Å². The molecule has 23 heavy (non-hydrogen) atoms. The quantitative estimate of drug-likeness (QED) is 0.715. The Morgan fingerprint density at radius 1 is 1.17 bits per heavy atom. The first-order valence-corrected chi connectivity index (χ1v) is 7.80. The molecule has 1 aliphatic rings. The number of aromatic hydroxyl groups is 1. The van der Waals surface area contributed by atoms with Gasteiger partial charge in [-0.05, 0) is 51.3 Å². The van der Waals surface area contributed by atoms with Crippen LogP contribution < -0.4 is 0 Å². The minimum Gasteiger partial charge on any atom is -0.507 e. The van der Waals surface area contributed by atoms with Gasteiger partial charge in [-0.15, -0.1) is 0 Å². The van der Waals surface area contributed by atoms with Crippen molar-refractivity contribution >= 4 is 32.8 Å². The van der Waals surface area contributed by atoms with Crippen LogP contribution in [0, 0.1) is 0 Å². The maximum absolute atomic E-state index is 11.0. The number of nitrogens with zero attached hydrogens (tertiary/aromatic N) is 1. The molecule has 5 nitrogen and oxygen atoms in total. The molecule has 0 spiro atoms. The summed E-state index contributed by atoms with van der Waals surface area (Å²) in [5.74, 6) is -1.40. The molecule has 0 unspecified atom stereocenters. The van der Waals surface area contributed by atoms with Gasteiger partial charge in [-0.1, -0.05) is 0 Å². The SMILES string of the molecule is O=C(O)c1ccc(-n2cc(Br)c3cc4c(cc32)COC4)cc1O. The molecular weight excluding hydrogens is 362 g/mol.